The minimum Gasteiger partial charge on any atom is -0.459 e. The van der Waals surface area contributed by atoms with E-state index in [1.807, 2.05) is 0 Å². The largest absolute Gasteiger partial charge is 0.459 e. The van der Waals surface area contributed by atoms with E-state index in [0.717, 1.165) is 23.5 Å². The lowest BCUT2D eigenvalue weighted by Crippen LogP contribution is -2.62. The number of ether oxygens (including phenoxy) is 10. The number of hydrogen-bond acceptors (Lipinski definition) is 20. The molecule has 0 bridgehead atoms. The molecular weight excluding hydrogens is 1190 g/mol. The van der Waals surface area contributed by atoms with Gasteiger partial charge >= 0.3 is 47.8 Å². The Kier molecular flexibility index (Phi) is 22.0. The molecule has 2 fully saturated rings. The van der Waals surface area contributed by atoms with Crippen molar-refractivity contribution in [2.24, 2.45) is 0 Å². The highest BCUT2D eigenvalue weighted by Gasteiger charge is 2.55. The van der Waals surface area contributed by atoms with Gasteiger partial charge < -0.3 is 47.4 Å². The quantitative estimate of drug-likeness (QED) is 0.0329. The van der Waals surface area contributed by atoms with Gasteiger partial charge in [-0.2, -0.15) is 0 Å². The van der Waals surface area contributed by atoms with Crippen LogP contribution in [0.5, 0.6) is 0 Å². The van der Waals surface area contributed by atoms with Gasteiger partial charge in [0.15, 0.2) is 36.6 Å². The first-order chi connectivity index (χ1) is 44.0. The maximum Gasteiger partial charge on any atom is 0.338 e. The molecule has 2 saturated heterocycles. The van der Waals surface area contributed by atoms with Crippen molar-refractivity contribution in [2.45, 2.75) is 59.7 Å². The van der Waals surface area contributed by atoms with Crippen LogP contribution in [0, 0.1) is 0 Å². The van der Waals surface area contributed by atoms with Crippen molar-refractivity contribution in [1.82, 2.24) is 0 Å². The first-order valence-corrected chi connectivity index (χ1v) is 30.6. The molecule has 0 unspecified atom stereocenters. The highest BCUT2D eigenvalue weighted by molar-refractivity contribution is 8.03. The molecule has 0 radical (unpaired) electrons. The van der Waals surface area contributed by atoms with E-state index in [9.17, 15) is 38.4 Å². The Labute approximate surface area is 526 Å². The first-order valence-electron chi connectivity index (χ1n) is 28.5. The van der Waals surface area contributed by atoms with Crippen molar-refractivity contribution in [3.05, 3.63) is 287 Å². The lowest BCUT2D eigenvalue weighted by Gasteiger charge is -2.45. The average Bonchev–Trinajstić information content (AvgIpc) is 1.10. The molecule has 8 aromatic rings. The molecule has 458 valence electrons. The predicted molar refractivity (Wildman–Crippen MR) is 330 cm³/mol. The van der Waals surface area contributed by atoms with Gasteiger partial charge in [0.25, 0.3) is 0 Å². The van der Waals surface area contributed by atoms with E-state index in [4.69, 9.17) is 47.4 Å². The lowest BCUT2D eigenvalue weighted by atomic mass is 9.98. The number of benzene rings is 8. The summed E-state index contributed by atoms with van der Waals surface area (Å²) in [6.45, 7) is -1.13. The average molecular weight is 1250 g/mol. The number of carbonyl (C=O) groups is 8. The fourth-order valence-electron chi connectivity index (χ4n) is 9.65. The lowest BCUT2D eigenvalue weighted by molar-refractivity contribution is -0.207. The van der Waals surface area contributed by atoms with Gasteiger partial charge in [-0.05, 0) is 97.1 Å². The smallest absolute Gasteiger partial charge is 0.338 e. The van der Waals surface area contributed by atoms with Gasteiger partial charge in [-0.15, -0.1) is 23.5 Å². The monoisotopic (exact) mass is 1250 g/mol. The van der Waals surface area contributed by atoms with Crippen LogP contribution in [0.2, 0.25) is 0 Å². The summed E-state index contributed by atoms with van der Waals surface area (Å²) in [6.07, 6.45) is -12.4. The summed E-state index contributed by atoms with van der Waals surface area (Å²) in [5.41, 5.74) is -1.54. The molecule has 8 aromatic carbocycles. The molecule has 10 rings (SSSR count). The van der Waals surface area contributed by atoms with Crippen molar-refractivity contribution in [1.29, 1.82) is 0 Å². The molecule has 2 aliphatic heterocycles. The number of esters is 8. The maximum atomic E-state index is 14.3. The van der Waals surface area contributed by atoms with Crippen LogP contribution in [0.4, 0.5) is 0 Å². The summed E-state index contributed by atoms with van der Waals surface area (Å²) in [4.78, 5) is 113. The molecule has 0 spiro atoms. The van der Waals surface area contributed by atoms with Crippen LogP contribution in [0.25, 0.3) is 0 Å². The van der Waals surface area contributed by atoms with Crippen molar-refractivity contribution in [3.8, 4) is 0 Å². The van der Waals surface area contributed by atoms with Gasteiger partial charge in [0.1, 0.15) is 36.3 Å². The molecule has 2 heterocycles. The number of thioether (sulfide) groups is 2. The second-order valence-corrected chi connectivity index (χ2v) is 22.6. The topological polar surface area (TPSA) is 229 Å². The summed E-state index contributed by atoms with van der Waals surface area (Å²) in [7, 11) is 0. The van der Waals surface area contributed by atoms with E-state index in [1.54, 1.807) is 170 Å². The van der Waals surface area contributed by atoms with Crippen LogP contribution in [-0.4, -0.2) is 132 Å². The zero-order valence-electron chi connectivity index (χ0n) is 47.9. The van der Waals surface area contributed by atoms with Crippen LogP contribution < -0.4 is 0 Å². The van der Waals surface area contributed by atoms with Crippen molar-refractivity contribution in [2.75, 3.05) is 24.7 Å². The molecule has 0 saturated carbocycles. The summed E-state index contributed by atoms with van der Waals surface area (Å²) < 4.78 is 63.0. The molecular formula is C70H58O18S2. The third-order valence-electron chi connectivity index (χ3n) is 14.1. The van der Waals surface area contributed by atoms with E-state index >= 15 is 0 Å². The third kappa shape index (κ3) is 16.6. The highest BCUT2D eigenvalue weighted by atomic mass is 32.2. The molecule has 2 aliphatic rings. The Balaban J connectivity index is 1.01. The normalized spacial score (nSPS) is 21.0. The number of carbonyl (C=O) groups excluding carboxylic acids is 8. The fourth-order valence-corrected chi connectivity index (χ4v) is 12.1. The van der Waals surface area contributed by atoms with E-state index in [1.165, 1.54) is 72.8 Å². The second kappa shape index (κ2) is 31.4. The van der Waals surface area contributed by atoms with Gasteiger partial charge in [0.2, 0.25) is 0 Å². The van der Waals surface area contributed by atoms with Crippen molar-refractivity contribution < 1.29 is 85.7 Å². The van der Waals surface area contributed by atoms with Gasteiger partial charge in [-0.25, -0.2) is 38.4 Å². The molecule has 20 heteroatoms. The van der Waals surface area contributed by atoms with Crippen LogP contribution >= 0.6 is 23.5 Å². The summed E-state index contributed by atoms with van der Waals surface area (Å²) in [6, 6.07) is 64.2. The van der Waals surface area contributed by atoms with E-state index in [0.29, 0.717) is 0 Å². The van der Waals surface area contributed by atoms with Gasteiger partial charge in [0.05, 0.1) is 44.5 Å². The Morgan fingerprint density at radius 2 is 0.444 bits per heavy atom. The SMILES string of the molecule is O=C(OC[C@H]1O[C@@H](SCCS[C@@H]2O[C@H](COC(=O)c3ccccc3)[C@H](OC(=O)c3ccccc3)[C@H](OC(=O)c3ccccc3)[C@H]2OC(=O)c2ccccc2)[C@H](OC(=O)c2ccccc2)[C@@H](OC(=O)c2ccccc2)[C@H]1OC(=O)c1ccccc1)c1ccccc1. The number of hydrogen-bond donors (Lipinski definition) is 0. The minimum atomic E-state index is -1.64. The number of rotatable bonds is 23. The van der Waals surface area contributed by atoms with Crippen LogP contribution in [0.15, 0.2) is 243 Å². The van der Waals surface area contributed by atoms with Gasteiger partial charge in [-0.1, -0.05) is 146 Å². The molecule has 18 nitrogen and oxygen atoms in total. The Hall–Kier alpha value is -9.86. The van der Waals surface area contributed by atoms with E-state index in [2.05, 4.69) is 0 Å². The third-order valence-corrected chi connectivity index (χ3v) is 16.7. The molecule has 90 heavy (non-hydrogen) atoms. The Morgan fingerprint density at radius 3 is 0.667 bits per heavy atom. The van der Waals surface area contributed by atoms with E-state index in [-0.39, 0.29) is 56.0 Å². The highest BCUT2D eigenvalue weighted by Crippen LogP contribution is 2.39. The molecule has 0 N–H and O–H groups in total. The predicted octanol–water partition coefficient (Wildman–Crippen LogP) is 11.0. The second-order valence-electron chi connectivity index (χ2n) is 20.2. The maximum absolute atomic E-state index is 14.3. The molecule has 0 amide bonds. The summed E-state index contributed by atoms with van der Waals surface area (Å²) >= 11 is 2.14. The van der Waals surface area contributed by atoms with Gasteiger partial charge in [0, 0.05) is 11.5 Å². The summed E-state index contributed by atoms with van der Waals surface area (Å²) in [5, 5.41) is 0. The van der Waals surface area contributed by atoms with Crippen LogP contribution in [0.3, 0.4) is 0 Å². The standard InChI is InChI=1S/C70H58O18S2/c71-61(45-25-9-1-10-26-45)79-43-53-55(83-63(73)47-29-13-3-14-30-47)57(85-65(75)49-33-17-5-18-34-49)59(87-67(77)51-37-21-7-22-38-51)69(81-53)89-41-42-90-70-60(88-68(78)52-39-23-8-24-40-52)58(86-66(76)50-35-19-6-20-36-50)56(84-64(74)48-31-15-4-16-32-48)54(82-70)44-80-62(72)46-27-11-2-12-28-46/h1-40,53-60,69-70H,41-44H2/t53-,54-,55+,56+,57+,58+,59-,60-,69+,70+/m1/s1. The molecule has 10 atom stereocenters. The Bertz CT molecular complexity index is 3440. The van der Waals surface area contributed by atoms with Crippen molar-refractivity contribution >= 4 is 71.3 Å². The van der Waals surface area contributed by atoms with Crippen LogP contribution in [-0.2, 0) is 47.4 Å². The summed E-state index contributed by atoms with van der Waals surface area (Å²) in [5.74, 6) is -6.62. The van der Waals surface area contributed by atoms with Crippen molar-refractivity contribution in [3.63, 3.8) is 0 Å². The molecule has 0 aromatic heterocycles. The Morgan fingerprint density at radius 1 is 0.256 bits per heavy atom. The van der Waals surface area contributed by atoms with Crippen LogP contribution in [0.1, 0.15) is 82.9 Å². The molecule has 0 aliphatic carbocycles. The fraction of sp³-hybridized carbons (Fsp3) is 0.200. The minimum absolute atomic E-state index is 0.0484. The zero-order valence-corrected chi connectivity index (χ0v) is 49.5. The zero-order chi connectivity index (χ0) is 62.6. The van der Waals surface area contributed by atoms with E-state index < -0.39 is 121 Å². The van der Waals surface area contributed by atoms with Gasteiger partial charge in [-0.3, -0.25) is 0 Å². The first kappa shape index (κ1) is 63.2.